The van der Waals surface area contributed by atoms with E-state index in [0.29, 0.717) is 17.2 Å². The van der Waals surface area contributed by atoms with Gasteiger partial charge in [-0.15, -0.1) is 5.10 Å². The first-order chi connectivity index (χ1) is 7.74. The van der Waals surface area contributed by atoms with Gasteiger partial charge in [0.25, 0.3) is 0 Å². The van der Waals surface area contributed by atoms with E-state index in [9.17, 15) is 5.11 Å². The summed E-state index contributed by atoms with van der Waals surface area (Å²) >= 11 is 0. The van der Waals surface area contributed by atoms with E-state index >= 15 is 0 Å². The lowest BCUT2D eigenvalue weighted by Gasteiger charge is -1.95. The van der Waals surface area contributed by atoms with Crippen LogP contribution in [0.1, 0.15) is 0 Å². The molecule has 0 aromatic carbocycles. The van der Waals surface area contributed by atoms with Crippen molar-refractivity contribution < 1.29 is 9.52 Å². The zero-order valence-corrected chi connectivity index (χ0v) is 8.03. The van der Waals surface area contributed by atoms with Crippen LogP contribution in [0.25, 0.3) is 17.2 Å². The summed E-state index contributed by atoms with van der Waals surface area (Å²) in [6, 6.07) is 4.84. The van der Waals surface area contributed by atoms with Crippen molar-refractivity contribution in [3.8, 4) is 17.5 Å². The van der Waals surface area contributed by atoms with Gasteiger partial charge in [0.2, 0.25) is 17.7 Å². The third kappa shape index (κ3) is 1.18. The second kappa shape index (κ2) is 2.96. The molecule has 0 aliphatic carbocycles. The molecule has 0 aliphatic heterocycles. The fraction of sp³-hybridized carbons (Fsp3) is 0. The Bertz CT molecular complexity index is 643. The summed E-state index contributed by atoms with van der Waals surface area (Å²) in [4.78, 5) is 7.81. The molecular formula is C9H7N5O2. The predicted molar refractivity (Wildman–Crippen MR) is 54.6 cm³/mol. The summed E-state index contributed by atoms with van der Waals surface area (Å²) in [5.74, 6) is 0.801. The molecule has 0 spiro atoms. The van der Waals surface area contributed by atoms with E-state index in [2.05, 4.69) is 15.1 Å². The molecular weight excluding hydrogens is 210 g/mol. The van der Waals surface area contributed by atoms with E-state index in [1.54, 1.807) is 12.1 Å². The smallest absolute Gasteiger partial charge is 0.226 e. The van der Waals surface area contributed by atoms with E-state index in [0.717, 1.165) is 0 Å². The molecule has 0 bridgehead atoms. The van der Waals surface area contributed by atoms with Crippen LogP contribution in [0.3, 0.4) is 0 Å². The summed E-state index contributed by atoms with van der Waals surface area (Å²) in [5, 5.41) is 13.4. The van der Waals surface area contributed by atoms with Gasteiger partial charge in [-0.3, -0.25) is 0 Å². The Balaban J connectivity index is 2.27. The van der Waals surface area contributed by atoms with E-state index in [1.165, 1.54) is 16.8 Å². The second-order valence-electron chi connectivity index (χ2n) is 3.16. The van der Waals surface area contributed by atoms with Crippen molar-refractivity contribution in [1.82, 2.24) is 19.6 Å². The second-order valence-corrected chi connectivity index (χ2v) is 3.16. The number of furan rings is 1. The van der Waals surface area contributed by atoms with Crippen molar-refractivity contribution in [2.24, 2.45) is 0 Å². The highest BCUT2D eigenvalue weighted by molar-refractivity contribution is 5.54. The van der Waals surface area contributed by atoms with Gasteiger partial charge in [-0.05, 0) is 12.1 Å². The lowest BCUT2D eigenvalue weighted by Crippen LogP contribution is -2.01. The van der Waals surface area contributed by atoms with Crippen LogP contribution in [0.5, 0.6) is 5.88 Å². The van der Waals surface area contributed by atoms with E-state index in [1.807, 2.05) is 0 Å². The highest BCUT2D eigenvalue weighted by Crippen LogP contribution is 2.19. The third-order valence-corrected chi connectivity index (χ3v) is 2.08. The van der Waals surface area contributed by atoms with E-state index < -0.39 is 0 Å². The Labute approximate surface area is 89.2 Å². The van der Waals surface area contributed by atoms with Crippen LogP contribution in [0, 0.1) is 0 Å². The van der Waals surface area contributed by atoms with Crippen LogP contribution < -0.4 is 5.73 Å². The maximum Gasteiger partial charge on any atom is 0.226 e. The van der Waals surface area contributed by atoms with Crippen molar-refractivity contribution in [1.29, 1.82) is 0 Å². The molecule has 0 saturated heterocycles. The van der Waals surface area contributed by atoms with Crippen molar-refractivity contribution in [2.75, 3.05) is 5.73 Å². The van der Waals surface area contributed by atoms with Gasteiger partial charge in [0.15, 0.2) is 11.4 Å². The van der Waals surface area contributed by atoms with Crippen LogP contribution in [-0.2, 0) is 0 Å². The topological polar surface area (TPSA) is 102 Å². The Morgan fingerprint density at radius 2 is 2.25 bits per heavy atom. The normalized spacial score (nSPS) is 11.0. The summed E-state index contributed by atoms with van der Waals surface area (Å²) in [7, 11) is 0. The lowest BCUT2D eigenvalue weighted by atomic mass is 10.4. The van der Waals surface area contributed by atoms with Gasteiger partial charge in [0, 0.05) is 6.07 Å². The molecule has 0 saturated carbocycles. The average molecular weight is 217 g/mol. The zero-order valence-electron chi connectivity index (χ0n) is 8.03. The summed E-state index contributed by atoms with van der Waals surface area (Å²) < 4.78 is 6.49. The molecule has 3 rings (SSSR count). The molecule has 3 aromatic rings. The number of anilines is 1. The first kappa shape index (κ1) is 8.72. The Hall–Kier alpha value is -2.57. The zero-order chi connectivity index (χ0) is 11.1. The molecule has 16 heavy (non-hydrogen) atoms. The molecule has 3 heterocycles. The van der Waals surface area contributed by atoms with Gasteiger partial charge < -0.3 is 15.3 Å². The van der Waals surface area contributed by atoms with Gasteiger partial charge in [-0.1, -0.05) is 0 Å². The number of nitrogens with zero attached hydrogens (tertiary/aromatic N) is 4. The van der Waals surface area contributed by atoms with Gasteiger partial charge in [-0.25, -0.2) is 4.98 Å². The van der Waals surface area contributed by atoms with Crippen molar-refractivity contribution >= 4 is 11.6 Å². The number of nitrogens with two attached hydrogens (primary N) is 1. The molecule has 0 aliphatic rings. The van der Waals surface area contributed by atoms with Gasteiger partial charge in [0.1, 0.15) is 0 Å². The first-order valence-corrected chi connectivity index (χ1v) is 4.50. The molecule has 0 atom stereocenters. The minimum absolute atomic E-state index is 0.0697. The molecule has 0 fully saturated rings. The van der Waals surface area contributed by atoms with Crippen LogP contribution in [0.15, 0.2) is 28.9 Å². The number of nitrogen functional groups attached to an aromatic ring is 1. The third-order valence-electron chi connectivity index (χ3n) is 2.08. The molecule has 80 valence electrons. The fourth-order valence-corrected chi connectivity index (χ4v) is 1.41. The maximum atomic E-state index is 9.26. The Kier molecular flexibility index (Phi) is 1.61. The predicted octanol–water partition coefficient (Wildman–Crippen LogP) is 0.672. The number of rotatable bonds is 1. The van der Waals surface area contributed by atoms with Gasteiger partial charge in [-0.2, -0.15) is 9.50 Å². The molecule has 7 nitrogen and oxygen atoms in total. The molecule has 0 unspecified atom stereocenters. The van der Waals surface area contributed by atoms with Gasteiger partial charge >= 0.3 is 0 Å². The van der Waals surface area contributed by atoms with Gasteiger partial charge in [0.05, 0.1) is 6.26 Å². The Morgan fingerprint density at radius 3 is 3.00 bits per heavy atom. The molecule has 0 amide bonds. The fourth-order valence-electron chi connectivity index (χ4n) is 1.41. The SMILES string of the molecule is Nc1nc(O)cc2nc(-c3ccco3)nn12. The number of fused-ring (bicyclic) bond motifs is 1. The number of aromatic hydroxyl groups is 1. The highest BCUT2D eigenvalue weighted by atomic mass is 16.3. The standard InChI is InChI=1S/C9H7N5O2/c10-9-12-7(15)4-6-11-8(13-14(6)9)5-2-1-3-16-5/h1-4,15H,(H2,10,12). The summed E-state index contributed by atoms with van der Waals surface area (Å²) in [6.07, 6.45) is 1.53. The van der Waals surface area contributed by atoms with E-state index in [-0.39, 0.29) is 11.8 Å². The lowest BCUT2D eigenvalue weighted by molar-refractivity contribution is 0.453. The van der Waals surface area contributed by atoms with Crippen LogP contribution in [-0.4, -0.2) is 24.7 Å². The van der Waals surface area contributed by atoms with Crippen molar-refractivity contribution in [3.05, 3.63) is 24.5 Å². The molecule has 7 heteroatoms. The number of aromatic nitrogens is 4. The molecule has 0 radical (unpaired) electrons. The van der Waals surface area contributed by atoms with Crippen LogP contribution in [0.2, 0.25) is 0 Å². The largest absolute Gasteiger partial charge is 0.493 e. The first-order valence-electron chi connectivity index (χ1n) is 4.50. The van der Waals surface area contributed by atoms with Crippen LogP contribution in [0.4, 0.5) is 5.95 Å². The van der Waals surface area contributed by atoms with Crippen LogP contribution >= 0.6 is 0 Å². The van der Waals surface area contributed by atoms with Crippen molar-refractivity contribution in [2.45, 2.75) is 0 Å². The monoisotopic (exact) mass is 217 g/mol. The quantitative estimate of drug-likeness (QED) is 0.621. The van der Waals surface area contributed by atoms with E-state index in [4.69, 9.17) is 10.2 Å². The highest BCUT2D eigenvalue weighted by Gasteiger charge is 2.11. The number of hydrogen-bond acceptors (Lipinski definition) is 6. The average Bonchev–Trinajstić information content (AvgIpc) is 2.82. The minimum atomic E-state index is -0.191. The maximum absolute atomic E-state index is 9.26. The minimum Gasteiger partial charge on any atom is -0.493 e. The summed E-state index contributed by atoms with van der Waals surface area (Å²) in [6.45, 7) is 0. The summed E-state index contributed by atoms with van der Waals surface area (Å²) in [5.41, 5.74) is 6.00. The Morgan fingerprint density at radius 1 is 1.38 bits per heavy atom. The molecule has 3 aromatic heterocycles. The molecule has 3 N–H and O–H groups in total. The number of hydrogen-bond donors (Lipinski definition) is 2. The van der Waals surface area contributed by atoms with Crippen molar-refractivity contribution in [3.63, 3.8) is 0 Å².